The van der Waals surface area contributed by atoms with E-state index in [4.69, 9.17) is 17.3 Å². The molecule has 0 radical (unpaired) electrons. The number of piperidine rings is 1. The van der Waals surface area contributed by atoms with Crippen LogP contribution in [0.25, 0.3) is 0 Å². The van der Waals surface area contributed by atoms with Crippen molar-refractivity contribution >= 4 is 17.3 Å². The number of nitrogens with two attached hydrogens (primary N) is 1. The average molecular weight is 311 g/mol. The van der Waals surface area contributed by atoms with Gasteiger partial charge in [0.15, 0.2) is 0 Å². The summed E-state index contributed by atoms with van der Waals surface area (Å²) in [5.41, 5.74) is 6.73. The summed E-state index contributed by atoms with van der Waals surface area (Å²) >= 11 is 6.36. The van der Waals surface area contributed by atoms with E-state index in [1.807, 2.05) is 0 Å². The molecule has 2 atom stereocenters. The highest BCUT2D eigenvalue weighted by Crippen LogP contribution is 2.40. The zero-order valence-corrected chi connectivity index (χ0v) is 13.2. The van der Waals surface area contributed by atoms with E-state index in [9.17, 15) is 4.79 Å². The first-order valence-corrected chi connectivity index (χ1v) is 8.29. The van der Waals surface area contributed by atoms with Gasteiger partial charge < -0.3 is 10.6 Å². The summed E-state index contributed by atoms with van der Waals surface area (Å²) < 4.78 is 1.48. The second-order valence-corrected chi connectivity index (χ2v) is 6.63. The Kier molecular flexibility index (Phi) is 4.22. The minimum Gasteiger partial charge on any atom is -0.363 e. The molecule has 0 amide bonds. The lowest BCUT2D eigenvalue weighted by Crippen LogP contribution is -2.48. The molecule has 2 aliphatic rings. The van der Waals surface area contributed by atoms with Crippen molar-refractivity contribution in [1.82, 2.24) is 9.78 Å². The Hall–Kier alpha value is -1.07. The third-order valence-corrected chi connectivity index (χ3v) is 5.09. The van der Waals surface area contributed by atoms with E-state index >= 15 is 0 Å². The van der Waals surface area contributed by atoms with E-state index in [0.29, 0.717) is 23.7 Å². The molecule has 1 aromatic heterocycles. The number of unbranched alkanes of at least 4 members (excludes halogenated alkanes) is 1. The Morgan fingerprint density at radius 3 is 2.67 bits per heavy atom. The fourth-order valence-electron chi connectivity index (χ4n) is 3.72. The maximum Gasteiger partial charge on any atom is 0.287 e. The van der Waals surface area contributed by atoms with Gasteiger partial charge in [0, 0.05) is 24.7 Å². The van der Waals surface area contributed by atoms with Gasteiger partial charge in [-0.1, -0.05) is 24.9 Å². The SMILES string of the molecule is CCCCn1ncc(N2C3CCC2CC(N)C3)c(Cl)c1=O. The fraction of sp³-hybridized carbons (Fsp3) is 0.733. The molecule has 2 bridgehead atoms. The molecule has 21 heavy (non-hydrogen) atoms. The number of nitrogens with zero attached hydrogens (tertiary/aromatic N) is 3. The molecule has 6 heteroatoms. The van der Waals surface area contributed by atoms with Crippen LogP contribution in [0.4, 0.5) is 5.69 Å². The van der Waals surface area contributed by atoms with Gasteiger partial charge in [-0.3, -0.25) is 4.79 Å². The van der Waals surface area contributed by atoms with Gasteiger partial charge >= 0.3 is 0 Å². The summed E-state index contributed by atoms with van der Waals surface area (Å²) in [4.78, 5) is 14.6. The van der Waals surface area contributed by atoms with Crippen molar-refractivity contribution in [2.75, 3.05) is 4.90 Å². The summed E-state index contributed by atoms with van der Waals surface area (Å²) in [6.07, 6.45) is 7.95. The monoisotopic (exact) mass is 310 g/mol. The number of fused-ring (bicyclic) bond motifs is 2. The molecular formula is C15H23ClN4O. The molecular weight excluding hydrogens is 288 g/mol. The first kappa shape index (κ1) is 14.9. The average Bonchev–Trinajstić information content (AvgIpc) is 2.72. The highest BCUT2D eigenvalue weighted by molar-refractivity contribution is 6.33. The van der Waals surface area contributed by atoms with Crippen LogP contribution in [0.2, 0.25) is 5.02 Å². The Labute approximate surface area is 130 Å². The number of rotatable bonds is 4. The molecule has 5 nitrogen and oxygen atoms in total. The van der Waals surface area contributed by atoms with Gasteiger partial charge in [-0.2, -0.15) is 5.10 Å². The first-order valence-electron chi connectivity index (χ1n) is 7.91. The van der Waals surface area contributed by atoms with Crippen LogP contribution >= 0.6 is 11.6 Å². The highest BCUT2D eigenvalue weighted by atomic mass is 35.5. The van der Waals surface area contributed by atoms with E-state index in [1.54, 1.807) is 6.20 Å². The van der Waals surface area contributed by atoms with Crippen LogP contribution in [0.5, 0.6) is 0 Å². The number of hydrogen-bond donors (Lipinski definition) is 1. The number of aryl methyl sites for hydroxylation is 1. The summed E-state index contributed by atoms with van der Waals surface area (Å²) in [7, 11) is 0. The molecule has 0 spiro atoms. The fourth-order valence-corrected chi connectivity index (χ4v) is 3.96. The lowest BCUT2D eigenvalue weighted by Gasteiger charge is -2.39. The molecule has 2 aliphatic heterocycles. The molecule has 2 N–H and O–H groups in total. The van der Waals surface area contributed by atoms with Crippen molar-refractivity contribution in [2.24, 2.45) is 5.73 Å². The lowest BCUT2D eigenvalue weighted by atomic mass is 9.98. The topological polar surface area (TPSA) is 64.2 Å². The molecule has 116 valence electrons. The van der Waals surface area contributed by atoms with Gasteiger partial charge in [0.2, 0.25) is 0 Å². The van der Waals surface area contributed by atoms with Crippen molar-refractivity contribution in [2.45, 2.75) is 70.1 Å². The summed E-state index contributed by atoms with van der Waals surface area (Å²) in [5, 5.41) is 4.63. The van der Waals surface area contributed by atoms with E-state index in [2.05, 4.69) is 16.9 Å². The maximum absolute atomic E-state index is 12.4. The van der Waals surface area contributed by atoms with Crippen LogP contribution in [-0.2, 0) is 6.54 Å². The molecule has 0 aromatic carbocycles. The van der Waals surface area contributed by atoms with Crippen molar-refractivity contribution < 1.29 is 0 Å². The normalized spacial score (nSPS) is 28.1. The number of halogens is 1. The second-order valence-electron chi connectivity index (χ2n) is 6.25. The van der Waals surface area contributed by atoms with Crippen molar-refractivity contribution in [3.8, 4) is 0 Å². The quantitative estimate of drug-likeness (QED) is 0.925. The second kappa shape index (κ2) is 5.97. The standard InChI is InChI=1S/C15H23ClN4O/c1-2-3-6-19-15(21)14(16)13(9-18-19)20-11-4-5-12(20)8-10(17)7-11/h9-12H,2-8,17H2,1H3. The van der Waals surface area contributed by atoms with Crippen molar-refractivity contribution in [3.05, 3.63) is 21.6 Å². The molecule has 2 saturated heterocycles. The lowest BCUT2D eigenvalue weighted by molar-refractivity contribution is 0.413. The highest BCUT2D eigenvalue weighted by Gasteiger charge is 2.40. The predicted molar refractivity (Wildman–Crippen MR) is 84.9 cm³/mol. The van der Waals surface area contributed by atoms with E-state index in [1.165, 1.54) is 4.68 Å². The molecule has 3 heterocycles. The molecule has 1 aromatic rings. The summed E-state index contributed by atoms with van der Waals surface area (Å²) in [6.45, 7) is 2.72. The first-order chi connectivity index (χ1) is 10.1. The van der Waals surface area contributed by atoms with E-state index < -0.39 is 0 Å². The molecule has 2 fully saturated rings. The van der Waals surface area contributed by atoms with Gasteiger partial charge in [-0.05, 0) is 32.1 Å². The Morgan fingerprint density at radius 2 is 2.05 bits per heavy atom. The Morgan fingerprint density at radius 1 is 1.38 bits per heavy atom. The molecule has 2 unspecified atom stereocenters. The molecule has 3 rings (SSSR count). The Balaban J connectivity index is 1.90. The van der Waals surface area contributed by atoms with Gasteiger partial charge in [0.1, 0.15) is 5.02 Å². The van der Waals surface area contributed by atoms with Crippen molar-refractivity contribution in [1.29, 1.82) is 0 Å². The molecule has 0 saturated carbocycles. The van der Waals surface area contributed by atoms with Gasteiger partial charge in [-0.25, -0.2) is 4.68 Å². The summed E-state index contributed by atoms with van der Waals surface area (Å²) in [6, 6.07) is 1.09. The summed E-state index contributed by atoms with van der Waals surface area (Å²) in [5.74, 6) is 0. The minimum atomic E-state index is -0.170. The zero-order valence-electron chi connectivity index (χ0n) is 12.5. The smallest absolute Gasteiger partial charge is 0.287 e. The van der Waals surface area contributed by atoms with E-state index in [-0.39, 0.29) is 11.6 Å². The number of hydrogen-bond acceptors (Lipinski definition) is 4. The minimum absolute atomic E-state index is 0.170. The number of aromatic nitrogens is 2. The van der Waals surface area contributed by atoms with Crippen LogP contribution in [0.1, 0.15) is 45.4 Å². The van der Waals surface area contributed by atoms with Crippen LogP contribution < -0.4 is 16.2 Å². The zero-order chi connectivity index (χ0) is 15.0. The largest absolute Gasteiger partial charge is 0.363 e. The van der Waals surface area contributed by atoms with Crippen molar-refractivity contribution in [3.63, 3.8) is 0 Å². The van der Waals surface area contributed by atoms with Crippen LogP contribution in [-0.4, -0.2) is 27.9 Å². The third kappa shape index (κ3) is 2.69. The van der Waals surface area contributed by atoms with Crippen LogP contribution in [0.15, 0.2) is 11.0 Å². The van der Waals surface area contributed by atoms with Gasteiger partial charge in [0.05, 0.1) is 11.9 Å². The Bertz CT molecular complexity index is 559. The molecule has 0 aliphatic carbocycles. The maximum atomic E-state index is 12.4. The van der Waals surface area contributed by atoms with Crippen LogP contribution in [0, 0.1) is 0 Å². The van der Waals surface area contributed by atoms with Gasteiger partial charge in [-0.15, -0.1) is 0 Å². The van der Waals surface area contributed by atoms with Crippen LogP contribution in [0.3, 0.4) is 0 Å². The number of anilines is 1. The van der Waals surface area contributed by atoms with E-state index in [0.717, 1.165) is 44.2 Å². The third-order valence-electron chi connectivity index (χ3n) is 4.74. The predicted octanol–water partition coefficient (Wildman–Crippen LogP) is 2.16. The van der Waals surface area contributed by atoms with Gasteiger partial charge in [0.25, 0.3) is 5.56 Å².